The van der Waals surface area contributed by atoms with E-state index in [0.29, 0.717) is 11.5 Å². The molecule has 0 bridgehead atoms. The Morgan fingerprint density at radius 1 is 0.973 bits per heavy atom. The molecule has 0 spiro atoms. The van der Waals surface area contributed by atoms with E-state index in [4.69, 9.17) is 0 Å². The summed E-state index contributed by atoms with van der Waals surface area (Å²) in [6, 6.07) is 13.7. The molecule has 0 atom stereocenters. The number of carbonyl (C=O) groups is 1. The van der Waals surface area contributed by atoms with E-state index in [1.807, 2.05) is 39.2 Å². The Morgan fingerprint density at radius 2 is 1.76 bits per heavy atom. The highest BCUT2D eigenvalue weighted by atomic mass is 16.1. The summed E-state index contributed by atoms with van der Waals surface area (Å²) in [5.41, 5.74) is 7.27. The van der Waals surface area contributed by atoms with Crippen molar-refractivity contribution in [1.29, 1.82) is 0 Å². The average molecular weight is 496 g/mol. The average Bonchev–Trinajstić information content (AvgIpc) is 3.34. The lowest BCUT2D eigenvalue weighted by Crippen LogP contribution is -2.29. The van der Waals surface area contributed by atoms with Crippen molar-refractivity contribution in [3.63, 3.8) is 0 Å². The van der Waals surface area contributed by atoms with Crippen LogP contribution in [0.15, 0.2) is 61.1 Å². The van der Waals surface area contributed by atoms with Crippen molar-refractivity contribution in [2.24, 2.45) is 7.05 Å². The number of rotatable bonds is 7. The SMILES string of the molecule is Cc1ccc(CN2CCCCC2)cc1NC(=O)c1ccc(Nc2ncc(C)c(-c3cnn(C)c3)n2)cc1. The van der Waals surface area contributed by atoms with Gasteiger partial charge in [0.25, 0.3) is 5.91 Å². The Bertz CT molecular complexity index is 1390. The molecular weight excluding hydrogens is 462 g/mol. The minimum Gasteiger partial charge on any atom is -0.324 e. The summed E-state index contributed by atoms with van der Waals surface area (Å²) in [5.74, 6) is 0.359. The maximum atomic E-state index is 13.0. The van der Waals surface area contributed by atoms with Crippen LogP contribution in [0.5, 0.6) is 0 Å². The highest BCUT2D eigenvalue weighted by Crippen LogP contribution is 2.24. The Kier molecular flexibility index (Phi) is 7.28. The zero-order valence-corrected chi connectivity index (χ0v) is 21.7. The van der Waals surface area contributed by atoms with Crippen LogP contribution in [0, 0.1) is 13.8 Å². The lowest BCUT2D eigenvalue weighted by molar-refractivity contribution is 0.102. The van der Waals surface area contributed by atoms with E-state index in [9.17, 15) is 4.79 Å². The number of benzene rings is 2. The van der Waals surface area contributed by atoms with Crippen molar-refractivity contribution >= 4 is 23.2 Å². The van der Waals surface area contributed by atoms with Crippen molar-refractivity contribution in [3.8, 4) is 11.3 Å². The van der Waals surface area contributed by atoms with Gasteiger partial charge in [-0.05, 0) is 86.8 Å². The van der Waals surface area contributed by atoms with E-state index >= 15 is 0 Å². The van der Waals surface area contributed by atoms with Gasteiger partial charge in [0, 0.05) is 48.5 Å². The highest BCUT2D eigenvalue weighted by molar-refractivity contribution is 6.04. The summed E-state index contributed by atoms with van der Waals surface area (Å²) in [5, 5.41) is 10.6. The Morgan fingerprint density at radius 3 is 2.49 bits per heavy atom. The molecule has 37 heavy (non-hydrogen) atoms. The molecule has 2 aromatic carbocycles. The second-order valence-corrected chi connectivity index (χ2v) is 9.77. The number of hydrogen-bond acceptors (Lipinski definition) is 6. The van der Waals surface area contributed by atoms with Crippen molar-refractivity contribution < 1.29 is 4.79 Å². The number of aromatic nitrogens is 4. The maximum Gasteiger partial charge on any atom is 0.255 e. The van der Waals surface area contributed by atoms with E-state index < -0.39 is 0 Å². The molecule has 2 N–H and O–H groups in total. The van der Waals surface area contributed by atoms with Gasteiger partial charge in [0.05, 0.1) is 11.9 Å². The fourth-order valence-electron chi connectivity index (χ4n) is 4.64. The minimum absolute atomic E-state index is 0.129. The molecule has 0 saturated carbocycles. The summed E-state index contributed by atoms with van der Waals surface area (Å²) in [4.78, 5) is 24.6. The predicted molar refractivity (Wildman–Crippen MR) is 147 cm³/mol. The Balaban J connectivity index is 1.25. The fraction of sp³-hybridized carbons (Fsp3) is 0.310. The van der Waals surface area contributed by atoms with Crippen LogP contribution in [0.1, 0.15) is 46.3 Å². The van der Waals surface area contributed by atoms with Gasteiger partial charge in [0.1, 0.15) is 0 Å². The second-order valence-electron chi connectivity index (χ2n) is 9.77. The number of amides is 1. The topological polar surface area (TPSA) is 88.0 Å². The van der Waals surface area contributed by atoms with Crippen LogP contribution in [0.3, 0.4) is 0 Å². The van der Waals surface area contributed by atoms with Crippen molar-refractivity contribution in [1.82, 2.24) is 24.6 Å². The van der Waals surface area contributed by atoms with Gasteiger partial charge in [-0.2, -0.15) is 5.10 Å². The van der Waals surface area contributed by atoms with E-state index in [0.717, 1.165) is 53.4 Å². The van der Waals surface area contributed by atoms with Gasteiger partial charge in [-0.25, -0.2) is 9.97 Å². The van der Waals surface area contributed by atoms with Gasteiger partial charge in [0.15, 0.2) is 0 Å². The largest absolute Gasteiger partial charge is 0.324 e. The minimum atomic E-state index is -0.129. The van der Waals surface area contributed by atoms with Crippen LogP contribution in [0.25, 0.3) is 11.3 Å². The Labute approximate surface area is 217 Å². The van der Waals surface area contributed by atoms with Crippen LogP contribution in [-0.4, -0.2) is 43.6 Å². The number of carbonyl (C=O) groups excluding carboxylic acids is 1. The molecule has 8 nitrogen and oxygen atoms in total. The quantitative estimate of drug-likeness (QED) is 0.353. The van der Waals surface area contributed by atoms with Gasteiger partial charge in [0.2, 0.25) is 5.95 Å². The lowest BCUT2D eigenvalue weighted by Gasteiger charge is -2.26. The molecule has 1 amide bonds. The van der Waals surface area contributed by atoms with Crippen molar-refractivity contribution in [2.45, 2.75) is 39.7 Å². The molecule has 5 rings (SSSR count). The molecule has 1 aliphatic rings. The third kappa shape index (κ3) is 6.03. The molecule has 0 unspecified atom stereocenters. The van der Waals surface area contributed by atoms with Crippen LogP contribution >= 0.6 is 0 Å². The van der Waals surface area contributed by atoms with E-state index in [-0.39, 0.29) is 5.91 Å². The van der Waals surface area contributed by atoms with Crippen LogP contribution in [-0.2, 0) is 13.6 Å². The molecule has 3 heterocycles. The number of piperidine rings is 1. The predicted octanol–water partition coefficient (Wildman–Crippen LogP) is 5.48. The van der Waals surface area contributed by atoms with E-state index in [2.05, 4.69) is 48.8 Å². The zero-order chi connectivity index (χ0) is 25.8. The summed E-state index contributed by atoms with van der Waals surface area (Å²) in [6.07, 6.45) is 9.37. The zero-order valence-electron chi connectivity index (χ0n) is 21.7. The summed E-state index contributed by atoms with van der Waals surface area (Å²) < 4.78 is 1.75. The number of hydrogen-bond donors (Lipinski definition) is 2. The third-order valence-electron chi connectivity index (χ3n) is 6.76. The fourth-order valence-corrected chi connectivity index (χ4v) is 4.64. The molecule has 1 fully saturated rings. The molecule has 2 aromatic heterocycles. The van der Waals surface area contributed by atoms with E-state index in [1.54, 1.807) is 29.2 Å². The summed E-state index contributed by atoms with van der Waals surface area (Å²) in [6.45, 7) is 7.22. The smallest absolute Gasteiger partial charge is 0.255 e. The highest BCUT2D eigenvalue weighted by Gasteiger charge is 2.13. The van der Waals surface area contributed by atoms with Gasteiger partial charge >= 0.3 is 0 Å². The first-order valence-electron chi connectivity index (χ1n) is 12.8. The van der Waals surface area contributed by atoms with E-state index in [1.165, 1.54) is 24.8 Å². The first-order chi connectivity index (χ1) is 17.9. The molecule has 4 aromatic rings. The van der Waals surface area contributed by atoms with Gasteiger partial charge in [-0.3, -0.25) is 14.4 Å². The van der Waals surface area contributed by atoms with Crippen molar-refractivity contribution in [3.05, 3.63) is 83.3 Å². The van der Waals surface area contributed by atoms with Crippen LogP contribution < -0.4 is 10.6 Å². The number of likely N-dealkylation sites (tertiary alicyclic amines) is 1. The molecule has 190 valence electrons. The number of nitrogens with zero attached hydrogens (tertiary/aromatic N) is 5. The third-order valence-corrected chi connectivity index (χ3v) is 6.76. The monoisotopic (exact) mass is 495 g/mol. The molecule has 8 heteroatoms. The van der Waals surface area contributed by atoms with Crippen molar-refractivity contribution in [2.75, 3.05) is 23.7 Å². The van der Waals surface area contributed by atoms with Gasteiger partial charge in [-0.15, -0.1) is 0 Å². The van der Waals surface area contributed by atoms with Gasteiger partial charge in [-0.1, -0.05) is 18.6 Å². The maximum absolute atomic E-state index is 13.0. The standard InChI is InChI=1S/C29H33N7O/c1-20-7-8-22(18-36-13-5-4-6-14-36)15-26(20)33-28(37)23-9-11-25(12-10-23)32-29-30-16-21(2)27(34-29)24-17-31-35(3)19-24/h7-12,15-17,19H,4-6,13-14,18H2,1-3H3,(H,33,37)(H,30,32,34). The second kappa shape index (κ2) is 10.9. The first-order valence-corrected chi connectivity index (χ1v) is 12.8. The number of anilines is 3. The number of aryl methyl sites for hydroxylation is 3. The lowest BCUT2D eigenvalue weighted by atomic mass is 10.1. The molecule has 0 radical (unpaired) electrons. The molecule has 1 saturated heterocycles. The first kappa shape index (κ1) is 24.6. The normalized spacial score (nSPS) is 13.9. The Hall–Kier alpha value is -4.04. The van der Waals surface area contributed by atoms with Crippen LogP contribution in [0.4, 0.5) is 17.3 Å². The molecule has 0 aliphatic carbocycles. The molecular formula is C29H33N7O. The molecule has 1 aliphatic heterocycles. The van der Waals surface area contributed by atoms with Gasteiger partial charge < -0.3 is 10.6 Å². The number of nitrogens with one attached hydrogen (secondary N) is 2. The van der Waals surface area contributed by atoms with Crippen LogP contribution in [0.2, 0.25) is 0 Å². The summed E-state index contributed by atoms with van der Waals surface area (Å²) >= 11 is 0. The summed E-state index contributed by atoms with van der Waals surface area (Å²) in [7, 11) is 1.88.